The Morgan fingerprint density at radius 3 is 2.89 bits per heavy atom. The molecule has 0 spiro atoms. The molecule has 2 rings (SSSR count). The molecule has 0 aliphatic carbocycles. The number of aryl methyl sites for hydroxylation is 1. The average Bonchev–Trinajstić information content (AvgIpc) is 2.85. The minimum absolute atomic E-state index is 0.0309. The molecule has 0 fully saturated rings. The van der Waals surface area contributed by atoms with E-state index in [1.54, 1.807) is 25.4 Å². The molecule has 94 valence electrons. The molecule has 2 aromatic rings. The van der Waals surface area contributed by atoms with E-state index in [-0.39, 0.29) is 5.84 Å². The van der Waals surface area contributed by atoms with Gasteiger partial charge in [0, 0.05) is 30.4 Å². The van der Waals surface area contributed by atoms with Crippen LogP contribution in [0.15, 0.2) is 30.6 Å². The first-order chi connectivity index (χ1) is 8.67. The maximum Gasteiger partial charge on any atom is 0.124 e. The zero-order chi connectivity index (χ0) is 13.1. The molecule has 1 aromatic heterocycles. The van der Waals surface area contributed by atoms with Gasteiger partial charge in [0.2, 0.25) is 0 Å². The highest BCUT2D eigenvalue weighted by molar-refractivity contribution is 5.98. The monoisotopic (exact) mass is 244 g/mol. The summed E-state index contributed by atoms with van der Waals surface area (Å²) >= 11 is 0. The van der Waals surface area contributed by atoms with Crippen LogP contribution in [-0.2, 0) is 6.42 Å². The van der Waals surface area contributed by atoms with Gasteiger partial charge < -0.3 is 15.0 Å². The number of benzene rings is 1. The first-order valence-electron chi connectivity index (χ1n) is 5.72. The Morgan fingerprint density at radius 2 is 2.28 bits per heavy atom. The lowest BCUT2D eigenvalue weighted by Gasteiger charge is -2.13. The number of nitrogens with one attached hydrogen (secondary N) is 1. The lowest BCUT2D eigenvalue weighted by atomic mass is 10.1. The number of aromatic nitrogens is 2. The van der Waals surface area contributed by atoms with Crippen molar-refractivity contribution in [3.8, 4) is 11.4 Å². The van der Waals surface area contributed by atoms with E-state index in [9.17, 15) is 0 Å². The van der Waals surface area contributed by atoms with Crippen LogP contribution in [0.3, 0.4) is 0 Å². The van der Waals surface area contributed by atoms with Gasteiger partial charge in [0.15, 0.2) is 0 Å². The number of nitrogens with zero attached hydrogens (tertiary/aromatic N) is 2. The van der Waals surface area contributed by atoms with Crippen LogP contribution in [0.25, 0.3) is 5.69 Å². The molecule has 1 heterocycles. The maximum atomic E-state index is 7.64. The summed E-state index contributed by atoms with van der Waals surface area (Å²) in [4.78, 5) is 4.28. The van der Waals surface area contributed by atoms with Gasteiger partial charge in [0.05, 0.1) is 12.8 Å². The maximum absolute atomic E-state index is 7.64. The van der Waals surface area contributed by atoms with Crippen molar-refractivity contribution in [1.82, 2.24) is 9.55 Å². The van der Waals surface area contributed by atoms with Gasteiger partial charge in [-0.3, -0.25) is 5.41 Å². The van der Waals surface area contributed by atoms with Gasteiger partial charge >= 0.3 is 0 Å². The van der Waals surface area contributed by atoms with Crippen LogP contribution in [-0.4, -0.2) is 22.5 Å². The first kappa shape index (κ1) is 12.2. The van der Waals surface area contributed by atoms with Crippen LogP contribution in [0, 0.1) is 5.41 Å². The van der Waals surface area contributed by atoms with Crippen LogP contribution in [0.1, 0.15) is 18.3 Å². The average molecular weight is 244 g/mol. The third kappa shape index (κ3) is 2.07. The number of hydrogen-bond acceptors (Lipinski definition) is 3. The predicted octanol–water partition coefficient (Wildman–Crippen LogP) is 1.73. The van der Waals surface area contributed by atoms with E-state index in [4.69, 9.17) is 15.9 Å². The molecule has 0 amide bonds. The standard InChI is InChI=1S/C13H16N4O/c1-3-12-16-6-7-17(12)11-8-9(18-2)4-5-10(11)13(14)15/h4-8H,3H2,1-2H3,(H3,14,15). The molecule has 5 nitrogen and oxygen atoms in total. The van der Waals surface area contributed by atoms with E-state index >= 15 is 0 Å². The van der Waals surface area contributed by atoms with Crippen molar-refractivity contribution in [1.29, 1.82) is 5.41 Å². The SMILES string of the molecule is CCc1nccn1-c1cc(OC)ccc1C(=N)N. The predicted molar refractivity (Wildman–Crippen MR) is 70.5 cm³/mol. The Kier molecular flexibility index (Phi) is 3.32. The highest BCUT2D eigenvalue weighted by Crippen LogP contribution is 2.22. The Bertz CT molecular complexity index is 574. The molecule has 18 heavy (non-hydrogen) atoms. The highest BCUT2D eigenvalue weighted by atomic mass is 16.5. The fourth-order valence-corrected chi connectivity index (χ4v) is 1.88. The van der Waals surface area contributed by atoms with Crippen LogP contribution >= 0.6 is 0 Å². The van der Waals surface area contributed by atoms with Gasteiger partial charge in [-0.05, 0) is 12.1 Å². The van der Waals surface area contributed by atoms with Gasteiger partial charge in [-0.1, -0.05) is 6.92 Å². The van der Waals surface area contributed by atoms with E-state index in [0.29, 0.717) is 5.56 Å². The lowest BCUT2D eigenvalue weighted by Crippen LogP contribution is -2.15. The first-order valence-corrected chi connectivity index (χ1v) is 5.72. The normalized spacial score (nSPS) is 10.3. The molecule has 1 aromatic carbocycles. The summed E-state index contributed by atoms with van der Waals surface area (Å²) in [7, 11) is 1.61. The van der Waals surface area contributed by atoms with E-state index in [2.05, 4.69) is 4.98 Å². The summed E-state index contributed by atoms with van der Waals surface area (Å²) < 4.78 is 7.15. The molecular formula is C13H16N4O. The second-order valence-corrected chi connectivity index (χ2v) is 3.86. The van der Waals surface area contributed by atoms with Gasteiger partial charge in [0.1, 0.15) is 17.4 Å². The minimum Gasteiger partial charge on any atom is -0.497 e. The van der Waals surface area contributed by atoms with Crippen molar-refractivity contribution in [3.63, 3.8) is 0 Å². The zero-order valence-electron chi connectivity index (χ0n) is 10.5. The third-order valence-corrected chi connectivity index (χ3v) is 2.79. The molecular weight excluding hydrogens is 228 g/mol. The molecule has 3 N–H and O–H groups in total. The molecule has 0 aliphatic heterocycles. The Balaban J connectivity index is 2.63. The van der Waals surface area contributed by atoms with Crippen molar-refractivity contribution in [2.45, 2.75) is 13.3 Å². The van der Waals surface area contributed by atoms with Gasteiger partial charge in [-0.25, -0.2) is 4.98 Å². The van der Waals surface area contributed by atoms with Crippen LogP contribution in [0.2, 0.25) is 0 Å². The molecule has 0 saturated carbocycles. The molecule has 0 radical (unpaired) electrons. The van der Waals surface area contributed by atoms with E-state index in [0.717, 1.165) is 23.7 Å². The van der Waals surface area contributed by atoms with Gasteiger partial charge in [-0.15, -0.1) is 0 Å². The second-order valence-electron chi connectivity index (χ2n) is 3.86. The summed E-state index contributed by atoms with van der Waals surface area (Å²) in [5, 5.41) is 7.64. The smallest absolute Gasteiger partial charge is 0.124 e. The summed E-state index contributed by atoms with van der Waals surface area (Å²) in [6, 6.07) is 5.44. The number of imidazole rings is 1. The molecule has 0 saturated heterocycles. The quantitative estimate of drug-likeness (QED) is 0.635. The number of ether oxygens (including phenoxy) is 1. The molecule has 0 aliphatic rings. The largest absolute Gasteiger partial charge is 0.497 e. The van der Waals surface area contributed by atoms with Crippen LogP contribution in [0.4, 0.5) is 0 Å². The van der Waals surface area contributed by atoms with E-state index < -0.39 is 0 Å². The number of nitrogen functional groups attached to an aromatic ring is 1. The Labute approximate surface area is 106 Å². The summed E-state index contributed by atoms with van der Waals surface area (Å²) in [5.41, 5.74) is 7.10. The summed E-state index contributed by atoms with van der Waals surface area (Å²) in [6.07, 6.45) is 4.41. The fourth-order valence-electron chi connectivity index (χ4n) is 1.88. The van der Waals surface area contributed by atoms with Crippen molar-refractivity contribution in [2.24, 2.45) is 5.73 Å². The van der Waals surface area contributed by atoms with Crippen LogP contribution in [0.5, 0.6) is 5.75 Å². The van der Waals surface area contributed by atoms with Crippen molar-refractivity contribution >= 4 is 5.84 Å². The van der Waals surface area contributed by atoms with Gasteiger partial charge in [-0.2, -0.15) is 0 Å². The number of nitrogens with two attached hydrogens (primary N) is 1. The third-order valence-electron chi connectivity index (χ3n) is 2.79. The van der Waals surface area contributed by atoms with Gasteiger partial charge in [0.25, 0.3) is 0 Å². The number of amidine groups is 1. The molecule has 0 unspecified atom stereocenters. The van der Waals surface area contributed by atoms with Crippen LogP contribution < -0.4 is 10.5 Å². The van der Waals surface area contributed by atoms with Crippen molar-refractivity contribution in [2.75, 3.05) is 7.11 Å². The summed E-state index contributed by atoms with van der Waals surface area (Å²) in [5.74, 6) is 1.68. The molecule has 5 heteroatoms. The minimum atomic E-state index is 0.0309. The number of rotatable bonds is 4. The lowest BCUT2D eigenvalue weighted by molar-refractivity contribution is 0.414. The van der Waals surface area contributed by atoms with Crippen molar-refractivity contribution < 1.29 is 4.74 Å². The van der Waals surface area contributed by atoms with E-state index in [1.165, 1.54) is 0 Å². The topological polar surface area (TPSA) is 76.9 Å². The number of hydrogen-bond donors (Lipinski definition) is 2. The Morgan fingerprint density at radius 1 is 1.50 bits per heavy atom. The summed E-state index contributed by atoms with van der Waals surface area (Å²) in [6.45, 7) is 2.03. The number of methoxy groups -OCH3 is 1. The molecule has 0 atom stereocenters. The van der Waals surface area contributed by atoms with E-state index in [1.807, 2.05) is 23.8 Å². The fraction of sp³-hybridized carbons (Fsp3) is 0.231. The second kappa shape index (κ2) is 4.91. The highest BCUT2D eigenvalue weighted by Gasteiger charge is 2.11. The Hall–Kier alpha value is -2.30. The molecule has 0 bridgehead atoms. The zero-order valence-corrected chi connectivity index (χ0v) is 10.5. The van der Waals surface area contributed by atoms with Crippen molar-refractivity contribution in [3.05, 3.63) is 42.0 Å².